The van der Waals surface area contributed by atoms with Crippen LogP contribution in [0.2, 0.25) is 0 Å². The second-order valence-electron chi connectivity index (χ2n) is 7.81. The van der Waals surface area contributed by atoms with E-state index in [4.69, 9.17) is 9.47 Å². The van der Waals surface area contributed by atoms with Gasteiger partial charge in [-0.1, -0.05) is 65.9 Å². The number of amides is 2. The van der Waals surface area contributed by atoms with Crippen molar-refractivity contribution in [1.82, 2.24) is 9.88 Å². The van der Waals surface area contributed by atoms with E-state index in [0.29, 0.717) is 36.2 Å². The van der Waals surface area contributed by atoms with E-state index >= 15 is 0 Å². The largest absolute Gasteiger partial charge is 0.465 e. The minimum absolute atomic E-state index is 0.117. The molecule has 2 heterocycles. The first kappa shape index (κ1) is 24.1. The molecular weight excluding hydrogens is 470 g/mol. The molecular formula is C25H23N3O6S. The Bertz CT molecular complexity index is 1230. The first-order valence-electron chi connectivity index (χ1n) is 10.9. The number of benzene rings is 2. The van der Waals surface area contributed by atoms with Crippen LogP contribution in [-0.4, -0.2) is 53.8 Å². The third-order valence-electron chi connectivity index (χ3n) is 5.54. The summed E-state index contributed by atoms with van der Waals surface area (Å²) in [7, 11) is 1.26. The third-order valence-corrected chi connectivity index (χ3v) is 6.49. The highest BCUT2D eigenvalue weighted by molar-refractivity contribution is 7.18. The van der Waals surface area contributed by atoms with E-state index in [0.717, 1.165) is 23.2 Å². The van der Waals surface area contributed by atoms with Gasteiger partial charge in [0.2, 0.25) is 5.91 Å². The second kappa shape index (κ2) is 10.9. The van der Waals surface area contributed by atoms with Crippen molar-refractivity contribution in [3.8, 4) is 11.3 Å². The maximum absolute atomic E-state index is 13.0. The number of carbonyl (C=O) groups excluding carboxylic acids is 4. The van der Waals surface area contributed by atoms with E-state index in [1.54, 1.807) is 24.3 Å². The van der Waals surface area contributed by atoms with Crippen molar-refractivity contribution in [2.45, 2.75) is 25.5 Å². The van der Waals surface area contributed by atoms with Crippen molar-refractivity contribution in [2.75, 3.05) is 19.0 Å². The van der Waals surface area contributed by atoms with Crippen LogP contribution in [0, 0.1) is 0 Å². The van der Waals surface area contributed by atoms with Gasteiger partial charge in [0.15, 0.2) is 5.13 Å². The summed E-state index contributed by atoms with van der Waals surface area (Å²) in [6.45, 7) is 0.525. The van der Waals surface area contributed by atoms with E-state index in [1.165, 1.54) is 12.0 Å². The number of methoxy groups -OCH3 is 1. The minimum atomic E-state index is -0.709. The van der Waals surface area contributed by atoms with Gasteiger partial charge in [-0.3, -0.25) is 14.5 Å². The normalized spacial score (nSPS) is 14.9. The lowest BCUT2D eigenvalue weighted by atomic mass is 10.1. The van der Waals surface area contributed by atoms with Crippen molar-refractivity contribution in [2.24, 2.45) is 0 Å². The summed E-state index contributed by atoms with van der Waals surface area (Å²) in [4.78, 5) is 55.0. The van der Waals surface area contributed by atoms with Crippen LogP contribution in [0.15, 0.2) is 54.6 Å². The molecule has 9 nitrogen and oxygen atoms in total. The number of nitrogens with zero attached hydrogens (tertiary/aromatic N) is 2. The number of carbonyl (C=O) groups is 4. The molecule has 1 atom stereocenters. The van der Waals surface area contributed by atoms with Crippen LogP contribution in [0.4, 0.5) is 9.93 Å². The van der Waals surface area contributed by atoms with Crippen LogP contribution >= 0.6 is 11.3 Å². The van der Waals surface area contributed by atoms with E-state index < -0.39 is 24.0 Å². The van der Waals surface area contributed by atoms with Crippen molar-refractivity contribution in [3.05, 3.63) is 70.6 Å². The Labute approximate surface area is 205 Å². The highest BCUT2D eigenvalue weighted by Gasteiger charge is 2.36. The zero-order chi connectivity index (χ0) is 24.8. The molecule has 0 saturated carbocycles. The van der Waals surface area contributed by atoms with Crippen molar-refractivity contribution in [1.29, 1.82) is 0 Å². The summed E-state index contributed by atoms with van der Waals surface area (Å²) >= 11 is 0.979. The molecule has 4 rings (SSSR count). The average molecular weight is 494 g/mol. The summed E-state index contributed by atoms with van der Waals surface area (Å²) < 4.78 is 10.3. The van der Waals surface area contributed by atoms with E-state index in [2.05, 4.69) is 10.3 Å². The smallest absolute Gasteiger partial charge is 0.410 e. The molecule has 1 aliphatic rings. The van der Waals surface area contributed by atoms with Gasteiger partial charge in [-0.05, 0) is 18.4 Å². The van der Waals surface area contributed by atoms with E-state index in [1.807, 2.05) is 30.3 Å². The lowest BCUT2D eigenvalue weighted by Crippen LogP contribution is -2.43. The van der Waals surface area contributed by atoms with Crippen LogP contribution < -0.4 is 5.32 Å². The van der Waals surface area contributed by atoms with Gasteiger partial charge < -0.3 is 14.8 Å². The van der Waals surface area contributed by atoms with E-state index in [-0.39, 0.29) is 16.6 Å². The molecule has 10 heteroatoms. The van der Waals surface area contributed by atoms with Gasteiger partial charge in [-0.15, -0.1) is 0 Å². The third kappa shape index (κ3) is 5.55. The topological polar surface area (TPSA) is 115 Å². The molecule has 0 spiro atoms. The van der Waals surface area contributed by atoms with Crippen LogP contribution in [0.25, 0.3) is 11.3 Å². The van der Waals surface area contributed by atoms with Crippen LogP contribution in [0.5, 0.6) is 0 Å². The fourth-order valence-corrected chi connectivity index (χ4v) is 4.68. The number of hydrogen-bond acceptors (Lipinski definition) is 8. The summed E-state index contributed by atoms with van der Waals surface area (Å²) in [5.41, 5.74) is 2.27. The van der Waals surface area contributed by atoms with Crippen LogP contribution in [-0.2, 0) is 20.9 Å². The summed E-state index contributed by atoms with van der Waals surface area (Å²) in [5.74, 6) is -1.00. The number of anilines is 1. The quantitative estimate of drug-likeness (QED) is 0.388. The molecule has 180 valence electrons. The summed E-state index contributed by atoms with van der Waals surface area (Å²) in [6, 6.07) is 15.1. The highest BCUT2D eigenvalue weighted by Crippen LogP contribution is 2.32. The van der Waals surface area contributed by atoms with Gasteiger partial charge in [-0.2, -0.15) is 0 Å². The van der Waals surface area contributed by atoms with E-state index in [9.17, 15) is 19.2 Å². The number of likely N-dealkylation sites (tertiary alicyclic amines) is 1. The molecule has 2 aromatic carbocycles. The number of hydrogen-bond donors (Lipinski definition) is 1. The molecule has 0 aliphatic carbocycles. The number of nitrogens with one attached hydrogen (secondary N) is 1. The Balaban J connectivity index is 1.48. The van der Waals surface area contributed by atoms with Gasteiger partial charge in [-0.25, -0.2) is 14.6 Å². The predicted molar refractivity (Wildman–Crippen MR) is 129 cm³/mol. The molecule has 0 bridgehead atoms. The maximum Gasteiger partial charge on any atom is 0.410 e. The summed E-state index contributed by atoms with van der Waals surface area (Å²) in [6.07, 6.45) is 1.31. The van der Waals surface area contributed by atoms with Crippen molar-refractivity contribution < 1.29 is 28.7 Å². The monoisotopic (exact) mass is 493 g/mol. The number of aldehydes is 1. The van der Waals surface area contributed by atoms with Crippen molar-refractivity contribution >= 4 is 40.7 Å². The first-order chi connectivity index (χ1) is 17.0. The SMILES string of the molecule is COC(=O)c1sc(NC(=O)[C@@H]2CCCN2C(=O)OCc2ccccc2)nc1-c1ccc(C=O)cc1. The molecule has 1 aromatic heterocycles. The molecule has 2 amide bonds. The van der Waals surface area contributed by atoms with Crippen molar-refractivity contribution in [3.63, 3.8) is 0 Å². The minimum Gasteiger partial charge on any atom is -0.465 e. The standard InChI is InChI=1S/C25H23N3O6S/c1-33-23(31)21-20(18-11-9-16(14-29)10-12-18)26-24(35-21)27-22(30)19-8-5-13-28(19)25(32)34-15-17-6-3-2-4-7-17/h2-4,6-7,9-12,14,19H,5,8,13,15H2,1H3,(H,26,27,30)/t19-/m0/s1. The molecule has 1 aliphatic heterocycles. The molecule has 1 saturated heterocycles. The predicted octanol–water partition coefficient (Wildman–Crippen LogP) is 4.15. The zero-order valence-corrected chi connectivity index (χ0v) is 19.7. The lowest BCUT2D eigenvalue weighted by Gasteiger charge is -2.22. The molecule has 1 fully saturated rings. The fourth-order valence-electron chi connectivity index (χ4n) is 3.77. The molecule has 35 heavy (non-hydrogen) atoms. The molecule has 1 N–H and O–H groups in total. The fraction of sp³-hybridized carbons (Fsp3) is 0.240. The summed E-state index contributed by atoms with van der Waals surface area (Å²) in [5, 5.41) is 2.93. The number of thiazole rings is 1. The van der Waals surface area contributed by atoms with Crippen LogP contribution in [0.1, 0.15) is 38.4 Å². The number of aromatic nitrogens is 1. The van der Waals surface area contributed by atoms with Gasteiger partial charge in [0.1, 0.15) is 23.8 Å². The zero-order valence-electron chi connectivity index (χ0n) is 18.9. The number of rotatable bonds is 7. The Morgan fingerprint density at radius 3 is 2.57 bits per heavy atom. The van der Waals surface area contributed by atoms with Gasteiger partial charge >= 0.3 is 12.1 Å². The highest BCUT2D eigenvalue weighted by atomic mass is 32.1. The van der Waals surface area contributed by atoms with Gasteiger partial charge in [0.25, 0.3) is 0 Å². The molecule has 3 aromatic rings. The second-order valence-corrected chi connectivity index (χ2v) is 8.81. The Morgan fingerprint density at radius 1 is 1.14 bits per heavy atom. The average Bonchev–Trinajstić information content (AvgIpc) is 3.55. The number of ether oxygens (including phenoxy) is 2. The Morgan fingerprint density at radius 2 is 1.89 bits per heavy atom. The maximum atomic E-state index is 13.0. The Hall–Kier alpha value is -4.05. The number of esters is 1. The molecule has 0 radical (unpaired) electrons. The van der Waals surface area contributed by atoms with Gasteiger partial charge in [0, 0.05) is 17.7 Å². The van der Waals surface area contributed by atoms with Gasteiger partial charge in [0.05, 0.1) is 12.8 Å². The lowest BCUT2D eigenvalue weighted by molar-refractivity contribution is -0.120. The molecule has 0 unspecified atom stereocenters. The van der Waals surface area contributed by atoms with Crippen LogP contribution in [0.3, 0.4) is 0 Å². The first-order valence-corrected chi connectivity index (χ1v) is 11.7. The Kier molecular flexibility index (Phi) is 7.51.